The topological polar surface area (TPSA) is 54.0 Å². The van der Waals surface area contributed by atoms with E-state index in [1.165, 1.54) is 7.11 Å². The van der Waals surface area contributed by atoms with Crippen molar-refractivity contribution >= 4 is 5.78 Å². The zero-order valence-corrected chi connectivity index (χ0v) is 6.69. The summed E-state index contributed by atoms with van der Waals surface area (Å²) in [5.41, 5.74) is 0. The number of rotatable bonds is 1. The molecule has 0 bridgehead atoms. The predicted octanol–water partition coefficient (Wildman–Crippen LogP) is -0.700. The molecule has 12 heavy (non-hydrogen) atoms. The molecule has 5 nitrogen and oxygen atoms in total. The van der Waals surface area contributed by atoms with Gasteiger partial charge in [0.25, 0.3) is 0 Å². The quantitative estimate of drug-likeness (QED) is 0.526. The fourth-order valence-electron chi connectivity index (χ4n) is 1.39. The minimum Gasteiger partial charge on any atom is -0.353 e. The molecular weight excluding hydrogens is 164 g/mol. The highest BCUT2D eigenvalue weighted by atomic mass is 16.7. The molecule has 2 fully saturated rings. The smallest absolute Gasteiger partial charge is 0.220 e. The molecule has 3 atom stereocenters. The summed E-state index contributed by atoms with van der Waals surface area (Å²) in [5.74, 6) is -0.147. The molecule has 2 rings (SSSR count). The maximum Gasteiger partial charge on any atom is 0.220 e. The Hall–Kier alpha value is -0.490. The van der Waals surface area contributed by atoms with Gasteiger partial charge in [-0.15, -0.1) is 0 Å². The fourth-order valence-corrected chi connectivity index (χ4v) is 1.39. The molecule has 2 aliphatic rings. The van der Waals surface area contributed by atoms with Gasteiger partial charge in [-0.3, -0.25) is 4.79 Å². The second-order valence-electron chi connectivity index (χ2n) is 2.72. The highest BCUT2D eigenvalue weighted by Gasteiger charge is 2.46. The maximum atomic E-state index is 11.3. The number of ketones is 1. The summed E-state index contributed by atoms with van der Waals surface area (Å²) >= 11 is 0. The van der Waals surface area contributed by atoms with Gasteiger partial charge < -0.3 is 18.9 Å². The zero-order chi connectivity index (χ0) is 8.55. The Bertz CT molecular complexity index is 192. The third kappa shape index (κ3) is 1.15. The Morgan fingerprint density at radius 3 is 3.08 bits per heavy atom. The predicted molar refractivity (Wildman–Crippen MR) is 36.4 cm³/mol. The average Bonchev–Trinajstić information content (AvgIpc) is 2.44. The standard InChI is InChI=1S/C7H10O5/c1-9-7-5(8)6-4(12-7)2-10-3-11-6/h4,6-7H,2-3H2,1H3/t4-,6-,7+/m0/s1. The van der Waals surface area contributed by atoms with Crippen molar-refractivity contribution in [2.24, 2.45) is 0 Å². The van der Waals surface area contributed by atoms with Gasteiger partial charge in [-0.05, 0) is 0 Å². The molecule has 0 aromatic rings. The van der Waals surface area contributed by atoms with Crippen LogP contribution in [-0.2, 0) is 23.7 Å². The van der Waals surface area contributed by atoms with Crippen molar-refractivity contribution in [1.82, 2.24) is 0 Å². The lowest BCUT2D eigenvalue weighted by Gasteiger charge is -2.22. The van der Waals surface area contributed by atoms with Crippen LogP contribution in [0.2, 0.25) is 0 Å². The summed E-state index contributed by atoms with van der Waals surface area (Å²) in [4.78, 5) is 11.3. The van der Waals surface area contributed by atoms with Gasteiger partial charge in [0.2, 0.25) is 12.1 Å². The summed E-state index contributed by atoms with van der Waals surface area (Å²) in [7, 11) is 1.43. The van der Waals surface area contributed by atoms with Crippen LogP contribution < -0.4 is 0 Å². The molecule has 0 amide bonds. The van der Waals surface area contributed by atoms with E-state index in [1.54, 1.807) is 0 Å². The van der Waals surface area contributed by atoms with Crippen LogP contribution in [0.5, 0.6) is 0 Å². The number of Topliss-reactive ketones (excluding diaryl/α,β-unsaturated/α-hetero) is 1. The normalized spacial score (nSPS) is 41.4. The van der Waals surface area contributed by atoms with Crippen molar-refractivity contribution < 1.29 is 23.7 Å². The molecule has 0 aromatic heterocycles. The van der Waals surface area contributed by atoms with Crippen LogP contribution >= 0.6 is 0 Å². The number of methoxy groups -OCH3 is 1. The highest BCUT2D eigenvalue weighted by Crippen LogP contribution is 2.23. The van der Waals surface area contributed by atoms with Crippen LogP contribution in [0, 0.1) is 0 Å². The molecule has 68 valence electrons. The Kier molecular flexibility index (Phi) is 2.10. The van der Waals surface area contributed by atoms with E-state index in [1.807, 2.05) is 0 Å². The van der Waals surface area contributed by atoms with Gasteiger partial charge in [0.15, 0.2) is 6.10 Å². The second kappa shape index (κ2) is 3.10. The third-order valence-corrected chi connectivity index (χ3v) is 1.98. The molecule has 5 heteroatoms. The Labute approximate surface area is 69.5 Å². The Balaban J connectivity index is 2.08. The number of carbonyl (C=O) groups excluding carboxylic acids is 1. The molecule has 0 aromatic carbocycles. The van der Waals surface area contributed by atoms with Crippen molar-refractivity contribution in [2.45, 2.75) is 18.5 Å². The fraction of sp³-hybridized carbons (Fsp3) is 0.857. The first-order chi connectivity index (χ1) is 5.83. The van der Waals surface area contributed by atoms with E-state index >= 15 is 0 Å². The molecular formula is C7H10O5. The van der Waals surface area contributed by atoms with Crippen molar-refractivity contribution in [2.75, 3.05) is 20.5 Å². The summed E-state index contributed by atoms with van der Waals surface area (Å²) in [6, 6.07) is 0. The number of hydrogen-bond donors (Lipinski definition) is 0. The van der Waals surface area contributed by atoms with E-state index in [4.69, 9.17) is 18.9 Å². The van der Waals surface area contributed by atoms with Gasteiger partial charge in [0.1, 0.15) is 12.9 Å². The number of fused-ring (bicyclic) bond motifs is 1. The monoisotopic (exact) mass is 174 g/mol. The largest absolute Gasteiger partial charge is 0.353 e. The minimum absolute atomic E-state index is 0.147. The molecule has 0 aliphatic carbocycles. The number of carbonyl (C=O) groups is 1. The van der Waals surface area contributed by atoms with Gasteiger partial charge in [0, 0.05) is 7.11 Å². The average molecular weight is 174 g/mol. The first kappa shape index (κ1) is 8.12. The van der Waals surface area contributed by atoms with E-state index in [2.05, 4.69) is 0 Å². The van der Waals surface area contributed by atoms with Crippen LogP contribution in [0.1, 0.15) is 0 Å². The SMILES string of the molecule is CO[C@@H]1O[C@H]2COCO[C@@H]2C1=O. The maximum absolute atomic E-state index is 11.3. The second-order valence-corrected chi connectivity index (χ2v) is 2.72. The summed E-state index contributed by atoms with van der Waals surface area (Å²) in [5, 5.41) is 0. The van der Waals surface area contributed by atoms with Gasteiger partial charge in [-0.25, -0.2) is 0 Å². The van der Waals surface area contributed by atoms with Crippen LogP contribution in [0.15, 0.2) is 0 Å². The lowest BCUT2D eigenvalue weighted by molar-refractivity contribution is -0.193. The summed E-state index contributed by atoms with van der Waals surface area (Å²) in [6.07, 6.45) is -1.57. The van der Waals surface area contributed by atoms with Crippen molar-refractivity contribution in [3.05, 3.63) is 0 Å². The molecule has 0 unspecified atom stereocenters. The molecule has 2 aliphatic heterocycles. The van der Waals surface area contributed by atoms with E-state index in [-0.39, 0.29) is 18.7 Å². The number of hydrogen-bond acceptors (Lipinski definition) is 5. The van der Waals surface area contributed by atoms with Gasteiger partial charge in [-0.1, -0.05) is 0 Å². The minimum atomic E-state index is -0.776. The van der Waals surface area contributed by atoms with Crippen molar-refractivity contribution in [3.63, 3.8) is 0 Å². The molecule has 2 heterocycles. The lowest BCUT2D eigenvalue weighted by Crippen LogP contribution is -2.39. The third-order valence-electron chi connectivity index (χ3n) is 1.98. The molecule has 0 spiro atoms. The van der Waals surface area contributed by atoms with Gasteiger partial charge >= 0.3 is 0 Å². The number of ether oxygens (including phenoxy) is 4. The van der Waals surface area contributed by atoms with Crippen LogP contribution in [-0.4, -0.2) is 44.8 Å². The lowest BCUT2D eigenvalue weighted by atomic mass is 10.1. The van der Waals surface area contributed by atoms with Gasteiger partial charge in [-0.2, -0.15) is 0 Å². The summed E-state index contributed by atoms with van der Waals surface area (Å²) in [6.45, 7) is 0.558. The molecule has 0 radical (unpaired) electrons. The molecule has 2 saturated heterocycles. The Morgan fingerprint density at radius 1 is 1.58 bits per heavy atom. The molecule has 0 N–H and O–H groups in total. The highest BCUT2D eigenvalue weighted by molar-refractivity contribution is 5.88. The summed E-state index contributed by atoms with van der Waals surface area (Å²) < 4.78 is 20.1. The van der Waals surface area contributed by atoms with Crippen molar-refractivity contribution in [1.29, 1.82) is 0 Å². The molecule has 0 saturated carbocycles. The van der Waals surface area contributed by atoms with E-state index in [0.29, 0.717) is 6.61 Å². The first-order valence-corrected chi connectivity index (χ1v) is 3.74. The first-order valence-electron chi connectivity index (χ1n) is 3.74. The van der Waals surface area contributed by atoms with Crippen LogP contribution in [0.3, 0.4) is 0 Å². The van der Waals surface area contributed by atoms with Crippen LogP contribution in [0.25, 0.3) is 0 Å². The van der Waals surface area contributed by atoms with E-state index < -0.39 is 12.4 Å². The van der Waals surface area contributed by atoms with E-state index in [9.17, 15) is 4.79 Å². The van der Waals surface area contributed by atoms with Crippen molar-refractivity contribution in [3.8, 4) is 0 Å². The Morgan fingerprint density at radius 2 is 2.42 bits per heavy atom. The van der Waals surface area contributed by atoms with Gasteiger partial charge in [0.05, 0.1) is 6.61 Å². The van der Waals surface area contributed by atoms with Crippen LogP contribution in [0.4, 0.5) is 0 Å². The zero-order valence-electron chi connectivity index (χ0n) is 6.69. The van der Waals surface area contributed by atoms with E-state index in [0.717, 1.165) is 0 Å².